The average molecular weight is 261 g/mol. The van der Waals surface area contributed by atoms with Crippen molar-refractivity contribution in [1.29, 1.82) is 0 Å². The number of aliphatic carboxylic acids is 1. The minimum Gasteiger partial charge on any atom is -0.475 e. The Morgan fingerprint density at radius 1 is 1.13 bits per heavy atom. The zero-order chi connectivity index (χ0) is 12.4. The van der Waals surface area contributed by atoms with Gasteiger partial charge in [-0.2, -0.15) is 0 Å². The molecule has 0 fully saturated rings. The predicted molar refractivity (Wildman–Crippen MR) is 46.3 cm³/mol. The Labute approximate surface area is 92.8 Å². The van der Waals surface area contributed by atoms with Gasteiger partial charge in [0.2, 0.25) is 10.3 Å². The molecule has 15 heavy (non-hydrogen) atoms. The Kier molecular flexibility index (Phi) is 4.63. The van der Waals surface area contributed by atoms with Crippen LogP contribution in [0.3, 0.4) is 0 Å². The van der Waals surface area contributed by atoms with Crippen LogP contribution >= 0.6 is 23.2 Å². The van der Waals surface area contributed by atoms with Gasteiger partial charge in [-0.15, -0.1) is 0 Å². The van der Waals surface area contributed by atoms with Gasteiger partial charge in [-0.05, 0) is 0 Å². The number of carbonyl (C=O) groups is 3. The molecular weight excluding hydrogens is 255 g/mol. The van der Waals surface area contributed by atoms with Crippen molar-refractivity contribution in [3.63, 3.8) is 0 Å². The van der Waals surface area contributed by atoms with Crippen molar-refractivity contribution >= 4 is 40.7 Å². The molecule has 4 N–H and O–H groups in total. The van der Waals surface area contributed by atoms with E-state index in [1.54, 1.807) is 0 Å². The Morgan fingerprint density at radius 2 is 1.53 bits per heavy atom. The maximum atomic E-state index is 10.8. The van der Waals surface area contributed by atoms with Crippen LogP contribution in [0.5, 0.6) is 0 Å². The lowest BCUT2D eigenvalue weighted by Gasteiger charge is -2.22. The van der Waals surface area contributed by atoms with Gasteiger partial charge in [-0.3, -0.25) is 9.59 Å². The summed E-state index contributed by atoms with van der Waals surface area (Å²) < 4.78 is -2.88. The third-order valence-electron chi connectivity index (χ3n) is 1.34. The molecule has 0 bridgehead atoms. The van der Waals surface area contributed by atoms with Crippen molar-refractivity contribution < 1.29 is 34.8 Å². The molecule has 0 amide bonds. The molecule has 9 heteroatoms. The molecule has 0 saturated heterocycles. The lowest BCUT2D eigenvalue weighted by Crippen LogP contribution is -2.48. The van der Waals surface area contributed by atoms with Gasteiger partial charge in [0.15, 0.2) is 6.10 Å². The molecule has 0 spiro atoms. The van der Waals surface area contributed by atoms with E-state index in [0.717, 1.165) is 0 Å². The Morgan fingerprint density at radius 3 is 1.80 bits per heavy atom. The lowest BCUT2D eigenvalue weighted by molar-refractivity contribution is -0.158. The second-order valence-corrected chi connectivity index (χ2v) is 3.82. The topological polar surface area (TPSA) is 132 Å². The Hall–Kier alpha value is -0.730. The number of hydrogen-bond donors (Lipinski definition) is 4. The molecule has 2 unspecified atom stereocenters. The fourth-order valence-electron chi connectivity index (χ4n) is 0.573. The van der Waals surface area contributed by atoms with E-state index in [0.29, 0.717) is 0 Å². The number of aliphatic hydroxyl groups excluding tert-OH is 2. The van der Waals surface area contributed by atoms with E-state index in [2.05, 4.69) is 0 Å². The highest BCUT2D eigenvalue weighted by atomic mass is 35.5. The van der Waals surface area contributed by atoms with Gasteiger partial charge < -0.3 is 20.4 Å². The normalized spacial score (nSPS) is 15.5. The van der Waals surface area contributed by atoms with Crippen LogP contribution in [0.4, 0.5) is 0 Å². The molecule has 0 rings (SSSR count). The molecule has 0 saturated carbocycles. The summed E-state index contributed by atoms with van der Waals surface area (Å²) in [5.74, 6) is -5.91. The first-order valence-electron chi connectivity index (χ1n) is 3.36. The number of carboxylic acid groups (broad SMARTS) is 1. The largest absolute Gasteiger partial charge is 0.475 e. The third-order valence-corrected chi connectivity index (χ3v) is 1.79. The van der Waals surface area contributed by atoms with Crippen molar-refractivity contribution in [2.45, 2.75) is 16.7 Å². The van der Waals surface area contributed by atoms with E-state index in [1.165, 1.54) is 0 Å². The van der Waals surface area contributed by atoms with Gasteiger partial charge >= 0.3 is 11.8 Å². The second kappa shape index (κ2) is 4.86. The lowest BCUT2D eigenvalue weighted by atomic mass is 10.1. The monoisotopic (exact) mass is 260 g/mol. The minimum atomic E-state index is -2.88. The first-order chi connectivity index (χ1) is 6.59. The van der Waals surface area contributed by atoms with Gasteiger partial charge in [-0.25, -0.2) is 4.79 Å². The molecule has 0 aromatic rings. The molecule has 0 heterocycles. The number of alkyl halides is 2. The van der Waals surface area contributed by atoms with E-state index in [4.69, 9.17) is 43.6 Å². The number of hydrogen-bond acceptors (Lipinski definition) is 6. The molecule has 7 nitrogen and oxygen atoms in total. The highest BCUT2D eigenvalue weighted by Crippen LogP contribution is 2.24. The fraction of sp³-hybridized carbons (Fsp3) is 0.500. The summed E-state index contributed by atoms with van der Waals surface area (Å²) in [5, 5.41) is 34.7. The molecule has 2 atom stereocenters. The molecule has 86 valence electrons. The van der Waals surface area contributed by atoms with Crippen LogP contribution in [0.1, 0.15) is 0 Å². The molecule has 0 aliphatic rings. The zero-order valence-corrected chi connectivity index (χ0v) is 8.44. The third kappa shape index (κ3) is 3.73. The Balaban J connectivity index is 4.74. The van der Waals surface area contributed by atoms with Crippen molar-refractivity contribution in [2.75, 3.05) is 0 Å². The summed E-state index contributed by atoms with van der Waals surface area (Å²) in [7, 11) is 0. The van der Waals surface area contributed by atoms with Crippen molar-refractivity contribution in [3.8, 4) is 0 Å². The van der Waals surface area contributed by atoms with E-state index >= 15 is 0 Å². The van der Waals surface area contributed by atoms with Crippen LogP contribution in [0.25, 0.3) is 0 Å². The molecule has 0 radical (unpaired) electrons. The number of carbonyl (C=O) groups excluding carboxylic acids is 2. The van der Waals surface area contributed by atoms with E-state index in [9.17, 15) is 14.4 Å². The highest BCUT2D eigenvalue weighted by molar-refractivity contribution is 6.62. The number of halogens is 2. The summed E-state index contributed by atoms with van der Waals surface area (Å²) in [6, 6.07) is 0. The smallest absolute Gasteiger partial charge is 0.380 e. The Bertz CT molecular complexity index is 294. The van der Waals surface area contributed by atoms with E-state index in [-0.39, 0.29) is 0 Å². The summed E-state index contributed by atoms with van der Waals surface area (Å²) in [5.41, 5.74) is 0. The first-order valence-corrected chi connectivity index (χ1v) is 4.12. The van der Waals surface area contributed by atoms with E-state index < -0.39 is 34.3 Å². The number of Topliss-reactive ketones (excluding diaryl/α,β-unsaturated/α-hetero) is 2. The quantitative estimate of drug-likeness (QED) is 0.257. The molecule has 0 aliphatic carbocycles. The first kappa shape index (κ1) is 14.3. The summed E-state index contributed by atoms with van der Waals surface area (Å²) in [6.07, 6.45) is -4.93. The van der Waals surface area contributed by atoms with Crippen molar-refractivity contribution in [2.24, 2.45) is 0 Å². The predicted octanol–water partition coefficient (Wildman–Crippen LogP) is -1.95. The van der Waals surface area contributed by atoms with Crippen LogP contribution in [0.2, 0.25) is 0 Å². The fourth-order valence-corrected chi connectivity index (χ4v) is 0.812. The number of ketones is 2. The van der Waals surface area contributed by atoms with Gasteiger partial charge in [-0.1, -0.05) is 23.2 Å². The van der Waals surface area contributed by atoms with Gasteiger partial charge in [0, 0.05) is 0 Å². The maximum absolute atomic E-state index is 10.8. The van der Waals surface area contributed by atoms with E-state index in [1.807, 2.05) is 0 Å². The van der Waals surface area contributed by atoms with Crippen molar-refractivity contribution in [3.05, 3.63) is 0 Å². The average Bonchev–Trinajstić information content (AvgIpc) is 2.11. The van der Waals surface area contributed by atoms with Gasteiger partial charge in [0.25, 0.3) is 0 Å². The van der Waals surface area contributed by atoms with Gasteiger partial charge in [0.1, 0.15) is 6.10 Å². The van der Waals surface area contributed by atoms with Crippen LogP contribution in [0, 0.1) is 0 Å². The molecule has 0 aliphatic heterocycles. The maximum Gasteiger partial charge on any atom is 0.380 e. The molecule has 0 aromatic carbocycles. The molecule has 0 aromatic heterocycles. The standard InChI is InChI=1S/C6H6Cl2O7/c7-6(8,15)4(12)2(10)1(9)3(11)5(13)14/h2,4,10,12,15H,(H,13,14). The number of rotatable bonds is 5. The molecular formula is C6H6Cl2O7. The zero-order valence-electron chi connectivity index (χ0n) is 6.92. The van der Waals surface area contributed by atoms with Crippen LogP contribution in [-0.4, -0.2) is 54.7 Å². The van der Waals surface area contributed by atoms with Crippen molar-refractivity contribution in [1.82, 2.24) is 0 Å². The second-order valence-electron chi connectivity index (χ2n) is 2.48. The minimum absolute atomic E-state index is 1.84. The van der Waals surface area contributed by atoms with Gasteiger partial charge in [0.05, 0.1) is 0 Å². The SMILES string of the molecule is O=C(O)C(=O)C(=O)C(O)C(O)C(O)(Cl)Cl. The van der Waals surface area contributed by atoms with Crippen LogP contribution < -0.4 is 0 Å². The van der Waals surface area contributed by atoms with Crippen LogP contribution in [-0.2, 0) is 14.4 Å². The highest BCUT2D eigenvalue weighted by Gasteiger charge is 2.43. The van der Waals surface area contributed by atoms with Crippen LogP contribution in [0.15, 0.2) is 0 Å². The number of aliphatic hydroxyl groups is 3. The summed E-state index contributed by atoms with van der Waals surface area (Å²) in [4.78, 5) is 31.4. The summed E-state index contributed by atoms with van der Waals surface area (Å²) in [6.45, 7) is 0. The summed E-state index contributed by atoms with van der Waals surface area (Å²) >= 11 is 9.81. The number of carboxylic acids is 1.